The van der Waals surface area contributed by atoms with E-state index in [0.29, 0.717) is 0 Å². The molecular weight excluding hydrogens is 222 g/mol. The SMILES string of the molecule is Cc1cc(Cl)c(F)c(C(C)(C)CO)c1F. The monoisotopic (exact) mass is 234 g/mol. The first-order chi connectivity index (χ1) is 6.81. The van der Waals surface area contributed by atoms with Gasteiger partial charge in [0.15, 0.2) is 0 Å². The Morgan fingerprint density at radius 3 is 2.33 bits per heavy atom. The van der Waals surface area contributed by atoms with Gasteiger partial charge in [0.25, 0.3) is 0 Å². The number of aliphatic hydroxyl groups excluding tert-OH is 1. The molecule has 0 bridgehead atoms. The van der Waals surface area contributed by atoms with Crippen molar-refractivity contribution in [2.24, 2.45) is 0 Å². The summed E-state index contributed by atoms with van der Waals surface area (Å²) in [6, 6.07) is 1.24. The zero-order valence-electron chi connectivity index (χ0n) is 8.87. The van der Waals surface area contributed by atoms with Crippen LogP contribution in [0.5, 0.6) is 0 Å². The van der Waals surface area contributed by atoms with Crippen molar-refractivity contribution in [2.75, 3.05) is 6.61 Å². The highest BCUT2D eigenvalue weighted by atomic mass is 35.5. The Morgan fingerprint density at radius 1 is 1.33 bits per heavy atom. The van der Waals surface area contributed by atoms with Crippen LogP contribution in [0, 0.1) is 18.6 Å². The minimum atomic E-state index is -0.982. The summed E-state index contributed by atoms with van der Waals surface area (Å²) >= 11 is 5.63. The van der Waals surface area contributed by atoms with Crippen molar-refractivity contribution in [3.8, 4) is 0 Å². The molecule has 1 aromatic rings. The van der Waals surface area contributed by atoms with Crippen LogP contribution in [0.2, 0.25) is 5.02 Å². The van der Waals surface area contributed by atoms with Crippen molar-refractivity contribution < 1.29 is 13.9 Å². The number of rotatable bonds is 2. The molecular formula is C11H13ClF2O. The van der Waals surface area contributed by atoms with Gasteiger partial charge in [-0.25, -0.2) is 8.78 Å². The van der Waals surface area contributed by atoms with Crippen LogP contribution < -0.4 is 0 Å². The minimum Gasteiger partial charge on any atom is -0.395 e. The molecule has 84 valence electrons. The van der Waals surface area contributed by atoms with Gasteiger partial charge in [0, 0.05) is 11.0 Å². The van der Waals surface area contributed by atoms with Crippen LogP contribution in [0.1, 0.15) is 25.0 Å². The first-order valence-electron chi connectivity index (χ1n) is 4.56. The highest BCUT2D eigenvalue weighted by molar-refractivity contribution is 6.30. The van der Waals surface area contributed by atoms with Crippen molar-refractivity contribution >= 4 is 11.6 Å². The fraction of sp³-hybridized carbons (Fsp3) is 0.455. The van der Waals surface area contributed by atoms with Gasteiger partial charge in [-0.15, -0.1) is 0 Å². The van der Waals surface area contributed by atoms with Crippen molar-refractivity contribution in [2.45, 2.75) is 26.2 Å². The van der Waals surface area contributed by atoms with Gasteiger partial charge in [0.2, 0.25) is 0 Å². The Labute approximate surface area is 92.7 Å². The van der Waals surface area contributed by atoms with Crippen LogP contribution >= 0.6 is 11.6 Å². The van der Waals surface area contributed by atoms with Crippen LogP contribution in [0.25, 0.3) is 0 Å². The molecule has 0 saturated carbocycles. The fourth-order valence-corrected chi connectivity index (χ4v) is 1.66. The Hall–Kier alpha value is -0.670. The molecule has 0 amide bonds. The summed E-state index contributed by atoms with van der Waals surface area (Å²) in [6.45, 7) is 4.28. The van der Waals surface area contributed by atoms with E-state index in [2.05, 4.69) is 0 Å². The van der Waals surface area contributed by atoms with E-state index in [1.807, 2.05) is 0 Å². The molecule has 4 heteroatoms. The zero-order valence-corrected chi connectivity index (χ0v) is 9.62. The molecule has 0 saturated heterocycles. The van der Waals surface area contributed by atoms with Crippen LogP contribution in [0.4, 0.5) is 8.78 Å². The molecule has 1 nitrogen and oxygen atoms in total. The molecule has 15 heavy (non-hydrogen) atoms. The van der Waals surface area contributed by atoms with Gasteiger partial charge in [-0.05, 0) is 18.6 Å². The van der Waals surface area contributed by atoms with Gasteiger partial charge < -0.3 is 5.11 Å². The van der Waals surface area contributed by atoms with Gasteiger partial charge in [0.05, 0.1) is 11.6 Å². The molecule has 0 aromatic heterocycles. The first kappa shape index (κ1) is 12.4. The van der Waals surface area contributed by atoms with E-state index in [-0.39, 0.29) is 22.8 Å². The molecule has 0 aliphatic rings. The molecule has 1 rings (SSSR count). The lowest BCUT2D eigenvalue weighted by atomic mass is 9.84. The molecule has 0 heterocycles. The lowest BCUT2D eigenvalue weighted by Crippen LogP contribution is -2.26. The number of hydrogen-bond acceptors (Lipinski definition) is 1. The molecule has 0 atom stereocenters. The van der Waals surface area contributed by atoms with Crippen molar-refractivity contribution in [3.05, 3.63) is 33.9 Å². The summed E-state index contributed by atoms with van der Waals surface area (Å²) in [7, 11) is 0. The van der Waals surface area contributed by atoms with E-state index in [0.717, 1.165) is 0 Å². The van der Waals surface area contributed by atoms with Crippen molar-refractivity contribution in [3.63, 3.8) is 0 Å². The Bertz CT molecular complexity index is 362. The standard InChI is InChI=1S/C11H13ClF2O/c1-6-4-7(12)10(14)8(9(6)13)11(2,3)5-15/h4,15H,5H2,1-3H3. The molecule has 0 radical (unpaired) electrons. The average Bonchev–Trinajstić information content (AvgIpc) is 2.15. The summed E-state index contributed by atoms with van der Waals surface area (Å²) in [5, 5.41) is 8.98. The Kier molecular flexibility index (Phi) is 3.36. The maximum atomic E-state index is 13.7. The van der Waals surface area contributed by atoms with E-state index in [1.54, 1.807) is 13.8 Å². The largest absolute Gasteiger partial charge is 0.395 e. The van der Waals surface area contributed by atoms with Crippen LogP contribution in [-0.4, -0.2) is 11.7 Å². The number of hydrogen-bond donors (Lipinski definition) is 1. The predicted octanol–water partition coefficient (Wildman–Crippen LogP) is 3.20. The normalized spacial score (nSPS) is 11.9. The lowest BCUT2D eigenvalue weighted by Gasteiger charge is -2.24. The Morgan fingerprint density at radius 2 is 1.87 bits per heavy atom. The highest BCUT2D eigenvalue weighted by Crippen LogP contribution is 2.33. The summed E-state index contributed by atoms with van der Waals surface area (Å²) < 4.78 is 27.4. The zero-order chi connectivity index (χ0) is 11.8. The fourth-order valence-electron chi connectivity index (χ4n) is 1.40. The summed E-state index contributed by atoms with van der Waals surface area (Å²) in [4.78, 5) is 0. The molecule has 1 aromatic carbocycles. The summed E-state index contributed by atoms with van der Waals surface area (Å²) in [6.07, 6.45) is 0. The molecule has 0 aliphatic carbocycles. The second kappa shape index (κ2) is 4.06. The maximum Gasteiger partial charge on any atom is 0.148 e. The van der Waals surface area contributed by atoms with Crippen molar-refractivity contribution in [1.82, 2.24) is 0 Å². The molecule has 0 fully saturated rings. The topological polar surface area (TPSA) is 20.2 Å². The lowest BCUT2D eigenvalue weighted by molar-refractivity contribution is 0.211. The minimum absolute atomic E-state index is 0.120. The highest BCUT2D eigenvalue weighted by Gasteiger charge is 2.29. The van der Waals surface area contributed by atoms with Gasteiger partial charge in [-0.1, -0.05) is 25.4 Å². The average molecular weight is 235 g/mol. The first-order valence-corrected chi connectivity index (χ1v) is 4.94. The quantitative estimate of drug-likeness (QED) is 0.780. The third kappa shape index (κ3) is 2.13. The van der Waals surface area contributed by atoms with Gasteiger partial charge >= 0.3 is 0 Å². The van der Waals surface area contributed by atoms with E-state index in [1.165, 1.54) is 13.0 Å². The number of aliphatic hydroxyl groups is 1. The van der Waals surface area contributed by atoms with Gasteiger partial charge in [-0.2, -0.15) is 0 Å². The smallest absolute Gasteiger partial charge is 0.148 e. The second-order valence-electron chi connectivity index (χ2n) is 4.22. The molecule has 1 N–H and O–H groups in total. The third-order valence-electron chi connectivity index (χ3n) is 2.41. The number of benzene rings is 1. The number of aryl methyl sites for hydroxylation is 1. The van der Waals surface area contributed by atoms with Crippen LogP contribution in [-0.2, 0) is 5.41 Å². The van der Waals surface area contributed by atoms with E-state index in [4.69, 9.17) is 16.7 Å². The van der Waals surface area contributed by atoms with Crippen molar-refractivity contribution in [1.29, 1.82) is 0 Å². The predicted molar refractivity (Wildman–Crippen MR) is 56.2 cm³/mol. The van der Waals surface area contributed by atoms with E-state index in [9.17, 15) is 8.78 Å². The van der Waals surface area contributed by atoms with Gasteiger partial charge in [0.1, 0.15) is 11.6 Å². The number of halogens is 3. The summed E-state index contributed by atoms with van der Waals surface area (Å²) in [5.41, 5.74) is -0.864. The molecule has 0 aliphatic heterocycles. The maximum absolute atomic E-state index is 13.7. The van der Waals surface area contributed by atoms with E-state index >= 15 is 0 Å². The molecule has 0 spiro atoms. The third-order valence-corrected chi connectivity index (χ3v) is 2.69. The van der Waals surface area contributed by atoms with E-state index < -0.39 is 17.0 Å². The summed E-state index contributed by atoms with van der Waals surface area (Å²) in [5.74, 6) is -1.44. The Balaban J connectivity index is 3.53. The second-order valence-corrected chi connectivity index (χ2v) is 4.63. The van der Waals surface area contributed by atoms with Gasteiger partial charge in [-0.3, -0.25) is 0 Å². The van der Waals surface area contributed by atoms with Crippen LogP contribution in [0.3, 0.4) is 0 Å². The molecule has 0 unspecified atom stereocenters. The van der Waals surface area contributed by atoms with Crippen LogP contribution in [0.15, 0.2) is 6.07 Å².